The molecule has 6 nitrogen and oxygen atoms in total. The molecule has 2 atom stereocenters. The number of carbonyl (C=O) groups excluding carboxylic acids is 3. The van der Waals surface area contributed by atoms with Gasteiger partial charge < -0.3 is 10.2 Å². The summed E-state index contributed by atoms with van der Waals surface area (Å²) in [6.07, 6.45) is 8.59. The Hall–Kier alpha value is -1.59. The van der Waals surface area contributed by atoms with E-state index in [9.17, 15) is 14.4 Å². The Morgan fingerprint density at radius 1 is 1.04 bits per heavy atom. The lowest BCUT2D eigenvalue weighted by molar-refractivity contribution is -0.143. The van der Waals surface area contributed by atoms with Crippen LogP contribution in [0.1, 0.15) is 71.6 Å². The monoisotopic (exact) mass is 335 g/mol. The van der Waals surface area contributed by atoms with Gasteiger partial charge in [-0.05, 0) is 46.0 Å². The first-order valence-electron chi connectivity index (χ1n) is 9.40. The molecule has 2 aliphatic heterocycles. The third-order valence-corrected chi connectivity index (χ3v) is 5.98. The van der Waals surface area contributed by atoms with Crippen molar-refractivity contribution in [2.24, 2.45) is 0 Å². The van der Waals surface area contributed by atoms with Crippen molar-refractivity contribution in [3.63, 3.8) is 0 Å². The molecular weight excluding hydrogens is 306 g/mol. The molecule has 2 heterocycles. The lowest BCUT2D eigenvalue weighted by Crippen LogP contribution is -2.52. The molecule has 24 heavy (non-hydrogen) atoms. The predicted molar refractivity (Wildman–Crippen MR) is 90.3 cm³/mol. The van der Waals surface area contributed by atoms with E-state index in [1.165, 1.54) is 0 Å². The van der Waals surface area contributed by atoms with E-state index in [1.54, 1.807) is 0 Å². The number of nitrogens with one attached hydrogen (secondary N) is 1. The highest BCUT2D eigenvalue weighted by atomic mass is 16.2. The summed E-state index contributed by atoms with van der Waals surface area (Å²) in [6, 6.07) is -0.0460. The van der Waals surface area contributed by atoms with E-state index in [0.29, 0.717) is 12.8 Å². The fourth-order valence-corrected chi connectivity index (χ4v) is 4.62. The van der Waals surface area contributed by atoms with Crippen LogP contribution in [-0.4, -0.2) is 51.8 Å². The van der Waals surface area contributed by atoms with Gasteiger partial charge in [0.1, 0.15) is 12.1 Å². The first-order valence-corrected chi connectivity index (χ1v) is 9.40. The Balaban J connectivity index is 1.71. The first-order chi connectivity index (χ1) is 11.4. The van der Waals surface area contributed by atoms with Crippen molar-refractivity contribution < 1.29 is 14.4 Å². The van der Waals surface area contributed by atoms with Crippen molar-refractivity contribution in [3.05, 3.63) is 0 Å². The molecule has 2 unspecified atom stereocenters. The van der Waals surface area contributed by atoms with Crippen LogP contribution in [0.4, 0.5) is 4.79 Å². The van der Waals surface area contributed by atoms with Gasteiger partial charge in [0.25, 0.3) is 5.91 Å². The number of nitrogens with zero attached hydrogens (tertiary/aromatic N) is 2. The topological polar surface area (TPSA) is 69.7 Å². The number of hydrogen-bond donors (Lipinski definition) is 1. The average Bonchev–Trinajstić information content (AvgIpc) is 2.71. The summed E-state index contributed by atoms with van der Waals surface area (Å²) in [5.41, 5.74) is -0.757. The van der Waals surface area contributed by atoms with Crippen molar-refractivity contribution in [1.29, 1.82) is 0 Å². The fraction of sp³-hybridized carbons (Fsp3) is 0.833. The maximum Gasteiger partial charge on any atom is 0.325 e. The predicted octanol–water partition coefficient (Wildman–Crippen LogP) is 2.42. The largest absolute Gasteiger partial charge is 0.336 e. The Morgan fingerprint density at radius 2 is 1.62 bits per heavy atom. The van der Waals surface area contributed by atoms with Crippen molar-refractivity contribution in [1.82, 2.24) is 15.1 Å². The van der Waals surface area contributed by atoms with Gasteiger partial charge in [0.2, 0.25) is 5.91 Å². The molecule has 3 fully saturated rings. The molecule has 3 aliphatic rings. The van der Waals surface area contributed by atoms with Crippen LogP contribution in [0.15, 0.2) is 0 Å². The highest BCUT2D eigenvalue weighted by Crippen LogP contribution is 2.33. The number of carbonyl (C=O) groups is 3. The normalized spacial score (nSPS) is 30.4. The van der Waals surface area contributed by atoms with Crippen molar-refractivity contribution >= 4 is 17.8 Å². The Kier molecular flexibility index (Phi) is 4.83. The molecule has 3 rings (SSSR count). The number of hydrogen-bond acceptors (Lipinski definition) is 3. The quantitative estimate of drug-likeness (QED) is 0.788. The highest BCUT2D eigenvalue weighted by molar-refractivity contribution is 6.09. The van der Waals surface area contributed by atoms with E-state index in [1.807, 2.05) is 18.7 Å². The third kappa shape index (κ3) is 3.03. The van der Waals surface area contributed by atoms with Gasteiger partial charge >= 0.3 is 6.03 Å². The number of imide groups is 1. The molecule has 1 N–H and O–H groups in total. The molecule has 6 heteroatoms. The van der Waals surface area contributed by atoms with Gasteiger partial charge in [0.05, 0.1) is 0 Å². The van der Waals surface area contributed by atoms with E-state index in [0.717, 1.165) is 49.8 Å². The van der Waals surface area contributed by atoms with E-state index in [4.69, 9.17) is 0 Å². The minimum Gasteiger partial charge on any atom is -0.336 e. The van der Waals surface area contributed by atoms with Crippen LogP contribution in [0.25, 0.3) is 0 Å². The average molecular weight is 335 g/mol. The van der Waals surface area contributed by atoms with E-state index < -0.39 is 11.6 Å². The van der Waals surface area contributed by atoms with E-state index in [2.05, 4.69) is 5.32 Å². The second-order valence-corrected chi connectivity index (χ2v) is 7.75. The summed E-state index contributed by atoms with van der Waals surface area (Å²) >= 11 is 0. The Labute approximate surface area is 143 Å². The number of urea groups is 1. The van der Waals surface area contributed by atoms with Crippen LogP contribution in [0, 0.1) is 0 Å². The van der Waals surface area contributed by atoms with Crippen molar-refractivity contribution in [3.8, 4) is 0 Å². The molecule has 0 aromatic heterocycles. The smallest absolute Gasteiger partial charge is 0.325 e. The summed E-state index contributed by atoms with van der Waals surface area (Å²) < 4.78 is 0. The summed E-state index contributed by atoms with van der Waals surface area (Å²) in [7, 11) is 0. The summed E-state index contributed by atoms with van der Waals surface area (Å²) in [5, 5.41) is 2.91. The van der Waals surface area contributed by atoms with Crippen LogP contribution in [0.2, 0.25) is 0 Å². The molecule has 1 aliphatic carbocycles. The SMILES string of the molecule is CC1CCCC(C)N1C(=O)CN1C(=O)NC2(CCCCCC2)C1=O. The second kappa shape index (κ2) is 6.73. The maximum atomic E-state index is 12.9. The van der Waals surface area contributed by atoms with Crippen molar-refractivity contribution in [2.75, 3.05) is 6.54 Å². The zero-order valence-electron chi connectivity index (χ0n) is 14.8. The van der Waals surface area contributed by atoms with Crippen molar-refractivity contribution in [2.45, 2.75) is 89.3 Å². The zero-order valence-corrected chi connectivity index (χ0v) is 14.8. The molecule has 4 amide bonds. The molecule has 1 saturated carbocycles. The minimum atomic E-state index is -0.757. The van der Waals surface area contributed by atoms with E-state index >= 15 is 0 Å². The second-order valence-electron chi connectivity index (χ2n) is 7.75. The zero-order chi connectivity index (χ0) is 17.3. The lowest BCUT2D eigenvalue weighted by Gasteiger charge is -2.39. The van der Waals surface area contributed by atoms with Crippen LogP contribution < -0.4 is 5.32 Å². The molecule has 2 saturated heterocycles. The van der Waals surface area contributed by atoms with E-state index in [-0.39, 0.29) is 30.4 Å². The summed E-state index contributed by atoms with van der Waals surface area (Å²) in [6.45, 7) is 3.97. The molecule has 0 radical (unpaired) electrons. The maximum absolute atomic E-state index is 12.9. The number of likely N-dealkylation sites (tertiary alicyclic amines) is 1. The number of piperidine rings is 1. The van der Waals surface area contributed by atoms with Gasteiger partial charge in [0.15, 0.2) is 0 Å². The third-order valence-electron chi connectivity index (χ3n) is 5.98. The summed E-state index contributed by atoms with van der Waals surface area (Å²) in [4.78, 5) is 41.0. The molecule has 1 spiro atoms. The molecule has 0 aromatic rings. The minimum absolute atomic E-state index is 0.108. The van der Waals surface area contributed by atoms with Gasteiger partial charge in [-0.15, -0.1) is 0 Å². The van der Waals surface area contributed by atoms with Gasteiger partial charge in [-0.3, -0.25) is 14.5 Å². The van der Waals surface area contributed by atoms with Crippen LogP contribution in [-0.2, 0) is 9.59 Å². The Morgan fingerprint density at radius 3 is 2.21 bits per heavy atom. The molecule has 0 bridgehead atoms. The first kappa shape index (κ1) is 17.2. The van der Waals surface area contributed by atoms with Crippen LogP contribution in [0.5, 0.6) is 0 Å². The Bertz CT molecular complexity index is 516. The molecule has 134 valence electrons. The summed E-state index contributed by atoms with van der Waals surface area (Å²) in [5.74, 6) is -0.302. The molecule has 0 aromatic carbocycles. The van der Waals surface area contributed by atoms with Gasteiger partial charge in [-0.2, -0.15) is 0 Å². The van der Waals surface area contributed by atoms with Gasteiger partial charge in [0, 0.05) is 12.1 Å². The standard InChI is InChI=1S/C18H29N3O3/c1-13-8-7-9-14(2)21(13)15(22)12-20-16(23)18(19-17(20)24)10-5-3-4-6-11-18/h13-14H,3-12H2,1-2H3,(H,19,24). The number of rotatable bonds is 2. The van der Waals surface area contributed by atoms with Gasteiger partial charge in [-0.25, -0.2) is 4.79 Å². The van der Waals surface area contributed by atoms with Crippen LogP contribution in [0.3, 0.4) is 0 Å². The highest BCUT2D eigenvalue weighted by Gasteiger charge is 2.51. The fourth-order valence-electron chi connectivity index (χ4n) is 4.62. The lowest BCUT2D eigenvalue weighted by atomic mass is 9.90. The van der Waals surface area contributed by atoms with Crippen LogP contribution >= 0.6 is 0 Å². The number of amides is 4. The van der Waals surface area contributed by atoms with Gasteiger partial charge in [-0.1, -0.05) is 25.7 Å². The molecular formula is C18H29N3O3.